The van der Waals surface area contributed by atoms with Gasteiger partial charge in [0.2, 0.25) is 0 Å². The van der Waals surface area contributed by atoms with Gasteiger partial charge in [-0.3, -0.25) is 9.58 Å². The zero-order valence-corrected chi connectivity index (χ0v) is 12.6. The first-order valence-electron chi connectivity index (χ1n) is 7.63. The van der Waals surface area contributed by atoms with Crippen LogP contribution in [-0.2, 0) is 7.05 Å². The monoisotopic (exact) mass is 264 g/mol. The molecule has 1 aromatic rings. The molecule has 0 amide bonds. The van der Waals surface area contributed by atoms with E-state index in [1.54, 1.807) is 0 Å². The van der Waals surface area contributed by atoms with E-state index in [-0.39, 0.29) is 0 Å². The Morgan fingerprint density at radius 2 is 2.26 bits per heavy atom. The molecule has 0 saturated carbocycles. The van der Waals surface area contributed by atoms with Crippen LogP contribution >= 0.6 is 0 Å². The minimum atomic E-state index is 0.338. The number of aryl methyl sites for hydroxylation is 1. The van der Waals surface area contributed by atoms with E-state index < -0.39 is 0 Å². The molecule has 1 aromatic heterocycles. The Balaban J connectivity index is 2.21. The Labute approximate surface area is 117 Å². The summed E-state index contributed by atoms with van der Waals surface area (Å²) in [5.74, 6) is 0. The maximum atomic E-state index is 6.09. The van der Waals surface area contributed by atoms with Crippen molar-refractivity contribution in [1.82, 2.24) is 14.7 Å². The van der Waals surface area contributed by atoms with Crippen LogP contribution < -0.4 is 5.73 Å². The van der Waals surface area contributed by atoms with Crippen LogP contribution in [0.5, 0.6) is 0 Å². The second kappa shape index (κ2) is 6.53. The average molecular weight is 264 g/mol. The Morgan fingerprint density at radius 3 is 2.84 bits per heavy atom. The predicted octanol–water partition coefficient (Wildman–Crippen LogP) is 2.38. The first-order chi connectivity index (χ1) is 9.19. The lowest BCUT2D eigenvalue weighted by atomic mass is 9.94. The molecule has 4 nitrogen and oxygen atoms in total. The Kier molecular flexibility index (Phi) is 4.99. The molecule has 108 valence electrons. The summed E-state index contributed by atoms with van der Waals surface area (Å²) in [4.78, 5) is 2.64. The quantitative estimate of drug-likeness (QED) is 0.888. The highest BCUT2D eigenvalue weighted by atomic mass is 15.3. The second-order valence-corrected chi connectivity index (χ2v) is 5.74. The SMILES string of the molecule is CCCC1CCCCN1C(CN)c1cnn(C)c1C. The van der Waals surface area contributed by atoms with Crippen molar-refractivity contribution in [3.8, 4) is 0 Å². The Bertz CT molecular complexity index is 397. The molecule has 1 aliphatic heterocycles. The summed E-state index contributed by atoms with van der Waals surface area (Å²) in [6, 6.07) is 1.04. The maximum absolute atomic E-state index is 6.09. The summed E-state index contributed by atoms with van der Waals surface area (Å²) in [5, 5.41) is 4.39. The van der Waals surface area contributed by atoms with Crippen LogP contribution in [-0.4, -0.2) is 33.8 Å². The second-order valence-electron chi connectivity index (χ2n) is 5.74. The Hall–Kier alpha value is -0.870. The summed E-state index contributed by atoms with van der Waals surface area (Å²) in [5.41, 5.74) is 8.65. The van der Waals surface area contributed by atoms with Crippen molar-refractivity contribution in [3.05, 3.63) is 17.5 Å². The molecule has 0 bridgehead atoms. The smallest absolute Gasteiger partial charge is 0.0540 e. The molecule has 2 N–H and O–H groups in total. The topological polar surface area (TPSA) is 47.1 Å². The molecule has 1 saturated heterocycles. The van der Waals surface area contributed by atoms with E-state index >= 15 is 0 Å². The number of rotatable bonds is 5. The fraction of sp³-hybridized carbons (Fsp3) is 0.800. The van der Waals surface area contributed by atoms with E-state index in [4.69, 9.17) is 5.73 Å². The van der Waals surface area contributed by atoms with Gasteiger partial charge in [-0.15, -0.1) is 0 Å². The van der Waals surface area contributed by atoms with E-state index in [2.05, 4.69) is 23.8 Å². The third kappa shape index (κ3) is 3.00. The van der Waals surface area contributed by atoms with E-state index in [1.165, 1.54) is 49.9 Å². The van der Waals surface area contributed by atoms with E-state index in [0.717, 1.165) is 0 Å². The van der Waals surface area contributed by atoms with Crippen LogP contribution in [0.3, 0.4) is 0 Å². The average Bonchev–Trinajstić information content (AvgIpc) is 2.74. The standard InChI is InChI=1S/C15H28N4/c1-4-7-13-8-5-6-9-19(13)15(10-16)14-11-17-18(3)12(14)2/h11,13,15H,4-10,16H2,1-3H3. The van der Waals surface area contributed by atoms with Crippen molar-refractivity contribution >= 4 is 0 Å². The lowest BCUT2D eigenvalue weighted by Gasteiger charge is -2.41. The van der Waals surface area contributed by atoms with Crippen molar-refractivity contribution < 1.29 is 0 Å². The fourth-order valence-corrected chi connectivity index (χ4v) is 3.36. The molecule has 2 rings (SSSR count). The number of likely N-dealkylation sites (tertiary alicyclic amines) is 1. The van der Waals surface area contributed by atoms with Gasteiger partial charge in [0.25, 0.3) is 0 Å². The van der Waals surface area contributed by atoms with Crippen molar-refractivity contribution in [1.29, 1.82) is 0 Å². The first kappa shape index (κ1) is 14.5. The van der Waals surface area contributed by atoms with Gasteiger partial charge in [0, 0.05) is 30.9 Å². The van der Waals surface area contributed by atoms with Gasteiger partial charge in [-0.1, -0.05) is 19.8 Å². The highest BCUT2D eigenvalue weighted by molar-refractivity contribution is 5.21. The van der Waals surface area contributed by atoms with Gasteiger partial charge in [0.05, 0.1) is 12.2 Å². The van der Waals surface area contributed by atoms with Crippen LogP contribution in [0.15, 0.2) is 6.20 Å². The largest absolute Gasteiger partial charge is 0.329 e. The number of piperidine rings is 1. The molecule has 0 aromatic carbocycles. The van der Waals surface area contributed by atoms with Gasteiger partial charge < -0.3 is 5.73 Å². The molecule has 4 heteroatoms. The minimum Gasteiger partial charge on any atom is -0.329 e. The van der Waals surface area contributed by atoms with E-state index in [9.17, 15) is 0 Å². The molecular weight excluding hydrogens is 236 g/mol. The van der Waals surface area contributed by atoms with Crippen LogP contribution in [0.25, 0.3) is 0 Å². The predicted molar refractivity (Wildman–Crippen MR) is 79.0 cm³/mol. The van der Waals surface area contributed by atoms with Crippen LogP contribution in [0.4, 0.5) is 0 Å². The van der Waals surface area contributed by atoms with Gasteiger partial charge in [0.1, 0.15) is 0 Å². The zero-order chi connectivity index (χ0) is 13.8. The highest BCUT2D eigenvalue weighted by Gasteiger charge is 2.30. The van der Waals surface area contributed by atoms with E-state index in [0.29, 0.717) is 18.6 Å². The molecular formula is C15H28N4. The van der Waals surface area contributed by atoms with Crippen molar-refractivity contribution in [2.24, 2.45) is 12.8 Å². The van der Waals surface area contributed by atoms with Crippen molar-refractivity contribution in [3.63, 3.8) is 0 Å². The molecule has 1 aliphatic rings. The highest BCUT2D eigenvalue weighted by Crippen LogP contribution is 2.31. The van der Waals surface area contributed by atoms with Gasteiger partial charge in [-0.25, -0.2) is 0 Å². The van der Waals surface area contributed by atoms with Crippen LogP contribution in [0.2, 0.25) is 0 Å². The molecule has 1 fully saturated rings. The number of aromatic nitrogens is 2. The van der Waals surface area contributed by atoms with Gasteiger partial charge in [-0.2, -0.15) is 5.10 Å². The summed E-state index contributed by atoms with van der Waals surface area (Å²) in [7, 11) is 2.01. The van der Waals surface area contributed by atoms with Crippen molar-refractivity contribution in [2.75, 3.05) is 13.1 Å². The minimum absolute atomic E-state index is 0.338. The molecule has 2 unspecified atom stereocenters. The van der Waals surface area contributed by atoms with Crippen LogP contribution in [0.1, 0.15) is 56.3 Å². The number of hydrogen-bond donors (Lipinski definition) is 1. The van der Waals surface area contributed by atoms with Gasteiger partial charge in [-0.05, 0) is 32.7 Å². The molecule has 2 heterocycles. The number of nitrogens with zero attached hydrogens (tertiary/aromatic N) is 3. The van der Waals surface area contributed by atoms with E-state index in [1.807, 2.05) is 17.9 Å². The third-order valence-electron chi connectivity index (χ3n) is 4.55. The lowest BCUT2D eigenvalue weighted by Crippen LogP contribution is -2.44. The third-order valence-corrected chi connectivity index (χ3v) is 4.55. The summed E-state index contributed by atoms with van der Waals surface area (Å²) < 4.78 is 1.96. The van der Waals surface area contributed by atoms with Gasteiger partial charge in [0.15, 0.2) is 0 Å². The van der Waals surface area contributed by atoms with Gasteiger partial charge >= 0.3 is 0 Å². The van der Waals surface area contributed by atoms with Crippen LogP contribution in [0, 0.1) is 6.92 Å². The number of hydrogen-bond acceptors (Lipinski definition) is 3. The molecule has 0 spiro atoms. The summed E-state index contributed by atoms with van der Waals surface area (Å²) in [6.45, 7) is 6.29. The lowest BCUT2D eigenvalue weighted by molar-refractivity contribution is 0.0909. The molecule has 19 heavy (non-hydrogen) atoms. The fourth-order valence-electron chi connectivity index (χ4n) is 3.36. The number of nitrogens with two attached hydrogens (primary N) is 1. The Morgan fingerprint density at radius 1 is 1.47 bits per heavy atom. The zero-order valence-electron chi connectivity index (χ0n) is 12.6. The summed E-state index contributed by atoms with van der Waals surface area (Å²) >= 11 is 0. The summed E-state index contributed by atoms with van der Waals surface area (Å²) in [6.07, 6.45) is 8.54. The molecule has 0 radical (unpaired) electrons. The normalized spacial score (nSPS) is 22.6. The first-order valence-corrected chi connectivity index (χ1v) is 7.63. The van der Waals surface area contributed by atoms with Crippen molar-refractivity contribution in [2.45, 2.75) is 58.0 Å². The maximum Gasteiger partial charge on any atom is 0.0540 e. The molecule has 0 aliphatic carbocycles. The molecule has 2 atom stereocenters.